The smallest absolute Gasteiger partial charge is 0.266 e. The summed E-state index contributed by atoms with van der Waals surface area (Å²) in [6.07, 6.45) is 3.59. The third kappa shape index (κ3) is 2.62. The Hall–Kier alpha value is -1.84. The van der Waals surface area contributed by atoms with Crippen LogP contribution in [-0.2, 0) is 9.63 Å². The fourth-order valence-electron chi connectivity index (χ4n) is 2.63. The van der Waals surface area contributed by atoms with Crippen LogP contribution in [0, 0.1) is 0 Å². The molecule has 0 aliphatic carbocycles. The Balaban J connectivity index is 1.63. The summed E-state index contributed by atoms with van der Waals surface area (Å²) in [6, 6.07) is 9.90. The average Bonchev–Trinajstić information content (AvgIpc) is 2.98. The highest BCUT2D eigenvalue weighted by Crippen LogP contribution is 2.20. The van der Waals surface area contributed by atoms with Crippen LogP contribution in [0.4, 0.5) is 0 Å². The van der Waals surface area contributed by atoms with Crippen LogP contribution in [-0.4, -0.2) is 35.7 Å². The zero-order valence-corrected chi connectivity index (χ0v) is 10.9. The normalized spacial score (nSPS) is 22.8. The van der Waals surface area contributed by atoms with Crippen LogP contribution in [0.5, 0.6) is 0 Å². The minimum atomic E-state index is -0.423. The molecule has 1 aromatic rings. The van der Waals surface area contributed by atoms with Gasteiger partial charge in [-0.3, -0.25) is 4.79 Å². The van der Waals surface area contributed by atoms with E-state index in [9.17, 15) is 4.79 Å². The summed E-state index contributed by atoms with van der Waals surface area (Å²) >= 11 is 0. The Kier molecular flexibility index (Phi) is 3.49. The summed E-state index contributed by atoms with van der Waals surface area (Å²) in [5, 5.41) is 4.07. The van der Waals surface area contributed by atoms with Crippen LogP contribution in [0.3, 0.4) is 0 Å². The molecule has 19 heavy (non-hydrogen) atoms. The summed E-state index contributed by atoms with van der Waals surface area (Å²) in [5.41, 5.74) is 1.91. The number of carbonyl (C=O) groups excluding carboxylic acids is 1. The van der Waals surface area contributed by atoms with E-state index in [1.165, 1.54) is 6.42 Å². The van der Waals surface area contributed by atoms with Gasteiger partial charge in [-0.1, -0.05) is 35.5 Å². The maximum atomic E-state index is 12.3. The Morgan fingerprint density at radius 2 is 1.89 bits per heavy atom. The Bertz CT molecular complexity index is 478. The number of amides is 1. The number of rotatable bonds is 2. The van der Waals surface area contributed by atoms with Crippen molar-refractivity contribution in [3.8, 4) is 0 Å². The molecule has 1 saturated heterocycles. The number of hydrogen-bond donors (Lipinski definition) is 0. The van der Waals surface area contributed by atoms with E-state index >= 15 is 0 Å². The number of carbonyl (C=O) groups is 1. The van der Waals surface area contributed by atoms with Crippen molar-refractivity contribution in [1.29, 1.82) is 0 Å². The van der Waals surface area contributed by atoms with Gasteiger partial charge in [0.25, 0.3) is 5.91 Å². The lowest BCUT2D eigenvalue weighted by Gasteiger charge is -2.28. The topological polar surface area (TPSA) is 41.9 Å². The van der Waals surface area contributed by atoms with E-state index in [4.69, 9.17) is 4.84 Å². The molecule has 0 spiro atoms. The van der Waals surface area contributed by atoms with Gasteiger partial charge in [-0.25, -0.2) is 0 Å². The van der Waals surface area contributed by atoms with Gasteiger partial charge < -0.3 is 9.74 Å². The highest BCUT2D eigenvalue weighted by molar-refractivity contribution is 6.04. The molecule has 0 N–H and O–H groups in total. The van der Waals surface area contributed by atoms with E-state index in [1.807, 2.05) is 35.2 Å². The van der Waals surface area contributed by atoms with Gasteiger partial charge in [-0.2, -0.15) is 0 Å². The summed E-state index contributed by atoms with van der Waals surface area (Å²) in [7, 11) is 0. The minimum absolute atomic E-state index is 0.0920. The van der Waals surface area contributed by atoms with Crippen molar-refractivity contribution in [2.45, 2.75) is 31.8 Å². The molecular formula is C15H18N2O2. The second-order valence-electron chi connectivity index (χ2n) is 5.09. The predicted molar refractivity (Wildman–Crippen MR) is 72.9 cm³/mol. The SMILES string of the molecule is O=C(C1CC(c2ccccc2)=NO1)N1CCCCC1. The third-order valence-corrected chi connectivity index (χ3v) is 3.72. The van der Waals surface area contributed by atoms with Crippen LogP contribution in [0.25, 0.3) is 0 Å². The molecule has 0 bridgehead atoms. The van der Waals surface area contributed by atoms with Crippen LogP contribution in [0.15, 0.2) is 35.5 Å². The minimum Gasteiger partial charge on any atom is -0.382 e. The first-order chi connectivity index (χ1) is 9.34. The van der Waals surface area contributed by atoms with Gasteiger partial charge >= 0.3 is 0 Å². The quantitative estimate of drug-likeness (QED) is 0.816. The Morgan fingerprint density at radius 3 is 2.63 bits per heavy atom. The van der Waals surface area contributed by atoms with Crippen LogP contribution in [0.2, 0.25) is 0 Å². The lowest BCUT2D eigenvalue weighted by Crippen LogP contribution is -2.42. The molecule has 0 aromatic heterocycles. The van der Waals surface area contributed by atoms with E-state index in [2.05, 4.69) is 5.16 Å². The second kappa shape index (κ2) is 5.43. The molecule has 1 aromatic carbocycles. The first-order valence-corrected chi connectivity index (χ1v) is 6.91. The lowest BCUT2D eigenvalue weighted by molar-refractivity contribution is -0.143. The highest BCUT2D eigenvalue weighted by atomic mass is 16.6. The fraction of sp³-hybridized carbons (Fsp3) is 0.467. The van der Waals surface area contributed by atoms with E-state index in [0.717, 1.165) is 37.2 Å². The van der Waals surface area contributed by atoms with Gasteiger partial charge in [-0.05, 0) is 24.8 Å². The van der Waals surface area contributed by atoms with Gasteiger partial charge in [-0.15, -0.1) is 0 Å². The monoisotopic (exact) mass is 258 g/mol. The number of piperidine rings is 1. The molecule has 1 atom stereocenters. The molecule has 4 nitrogen and oxygen atoms in total. The molecule has 100 valence electrons. The van der Waals surface area contributed by atoms with Crippen molar-refractivity contribution in [2.24, 2.45) is 5.16 Å². The number of likely N-dealkylation sites (tertiary alicyclic amines) is 1. The van der Waals surface area contributed by atoms with Crippen molar-refractivity contribution >= 4 is 11.6 Å². The van der Waals surface area contributed by atoms with Crippen molar-refractivity contribution in [2.75, 3.05) is 13.1 Å². The van der Waals surface area contributed by atoms with Crippen LogP contribution < -0.4 is 0 Å². The lowest BCUT2D eigenvalue weighted by atomic mass is 10.0. The molecule has 1 fully saturated rings. The Morgan fingerprint density at radius 1 is 1.16 bits per heavy atom. The van der Waals surface area contributed by atoms with Crippen molar-refractivity contribution in [3.63, 3.8) is 0 Å². The second-order valence-corrected chi connectivity index (χ2v) is 5.09. The third-order valence-electron chi connectivity index (χ3n) is 3.72. The summed E-state index contributed by atoms with van der Waals surface area (Å²) < 4.78 is 0. The maximum Gasteiger partial charge on any atom is 0.266 e. The molecule has 2 heterocycles. The summed E-state index contributed by atoms with van der Waals surface area (Å²) in [6.45, 7) is 1.72. The van der Waals surface area contributed by atoms with Crippen LogP contribution >= 0.6 is 0 Å². The van der Waals surface area contributed by atoms with E-state index in [-0.39, 0.29) is 5.91 Å². The molecule has 4 heteroatoms. The molecule has 2 aliphatic rings. The van der Waals surface area contributed by atoms with Crippen molar-refractivity contribution in [1.82, 2.24) is 4.90 Å². The Labute approximate surface area is 113 Å². The molecule has 1 unspecified atom stereocenters. The van der Waals surface area contributed by atoms with Gasteiger partial charge in [0.05, 0.1) is 5.71 Å². The number of hydrogen-bond acceptors (Lipinski definition) is 3. The summed E-state index contributed by atoms with van der Waals surface area (Å²) in [5.74, 6) is 0.0920. The molecule has 2 aliphatic heterocycles. The molecule has 0 saturated carbocycles. The molecule has 1 amide bonds. The average molecular weight is 258 g/mol. The number of benzene rings is 1. The van der Waals surface area contributed by atoms with Gasteiger partial charge in [0, 0.05) is 19.5 Å². The standard InChI is InChI=1S/C15H18N2O2/c18-15(17-9-5-2-6-10-17)14-11-13(16-19-14)12-7-3-1-4-8-12/h1,3-4,7-8,14H,2,5-6,9-11H2. The first-order valence-electron chi connectivity index (χ1n) is 6.91. The van der Waals surface area contributed by atoms with Crippen molar-refractivity contribution < 1.29 is 9.63 Å². The van der Waals surface area contributed by atoms with Gasteiger partial charge in [0.2, 0.25) is 6.10 Å². The zero-order valence-electron chi connectivity index (χ0n) is 10.9. The number of nitrogens with zero attached hydrogens (tertiary/aromatic N) is 2. The van der Waals surface area contributed by atoms with E-state index < -0.39 is 6.10 Å². The predicted octanol–water partition coefficient (Wildman–Crippen LogP) is 2.19. The largest absolute Gasteiger partial charge is 0.382 e. The van der Waals surface area contributed by atoms with Gasteiger partial charge in [0.15, 0.2) is 0 Å². The first kappa shape index (κ1) is 12.2. The highest BCUT2D eigenvalue weighted by Gasteiger charge is 2.32. The zero-order chi connectivity index (χ0) is 13.1. The fourth-order valence-corrected chi connectivity index (χ4v) is 2.63. The molecule has 0 radical (unpaired) electrons. The summed E-state index contributed by atoms with van der Waals surface area (Å²) in [4.78, 5) is 19.6. The van der Waals surface area contributed by atoms with Crippen LogP contribution in [0.1, 0.15) is 31.2 Å². The van der Waals surface area contributed by atoms with Gasteiger partial charge in [0.1, 0.15) is 0 Å². The molecule has 3 rings (SSSR count). The van der Waals surface area contributed by atoms with E-state index in [1.54, 1.807) is 0 Å². The van der Waals surface area contributed by atoms with Crippen molar-refractivity contribution in [3.05, 3.63) is 35.9 Å². The maximum absolute atomic E-state index is 12.3. The number of oxime groups is 1. The van der Waals surface area contributed by atoms with E-state index in [0.29, 0.717) is 6.42 Å². The molecular weight excluding hydrogens is 240 g/mol.